The minimum atomic E-state index is -0.886. The number of nitrogens with two attached hydrogens (primary N) is 1. The Morgan fingerprint density at radius 2 is 2.27 bits per heavy atom. The molecule has 4 nitrogen and oxygen atoms in total. The maximum atomic E-state index is 10.7. The monoisotopic (exact) mass is 268 g/mol. The van der Waals surface area contributed by atoms with Crippen molar-refractivity contribution in [2.24, 2.45) is 0 Å². The summed E-state index contributed by atoms with van der Waals surface area (Å²) in [7, 11) is 0. The van der Waals surface area contributed by atoms with Crippen molar-refractivity contribution < 1.29 is 9.90 Å². The van der Waals surface area contributed by atoms with Gasteiger partial charge in [-0.2, -0.15) is 0 Å². The Kier molecular flexibility index (Phi) is 2.40. The molecule has 1 aromatic heterocycles. The lowest BCUT2D eigenvalue weighted by molar-refractivity contribution is -0.137. The van der Waals surface area contributed by atoms with Crippen molar-refractivity contribution in [1.29, 1.82) is 0 Å². The van der Waals surface area contributed by atoms with Crippen LogP contribution < -0.4 is 5.73 Å². The highest BCUT2D eigenvalue weighted by atomic mass is 79.9. The van der Waals surface area contributed by atoms with Gasteiger partial charge in [0.25, 0.3) is 0 Å². The van der Waals surface area contributed by atoms with Gasteiger partial charge in [-0.15, -0.1) is 0 Å². The second kappa shape index (κ2) is 3.58. The Morgan fingerprint density at radius 1 is 1.53 bits per heavy atom. The molecule has 3 N–H and O–H groups in total. The second-order valence-corrected chi connectivity index (χ2v) is 4.10. The maximum Gasteiger partial charge on any atom is 0.323 e. The van der Waals surface area contributed by atoms with Crippen LogP contribution in [-0.4, -0.2) is 15.6 Å². The molecule has 0 fully saturated rings. The number of hydrogen-bond donors (Lipinski definition) is 2. The molecular formula is C10H9BrN2O2. The van der Waals surface area contributed by atoms with Crippen LogP contribution in [0.1, 0.15) is 0 Å². The molecule has 78 valence electrons. The second-order valence-electron chi connectivity index (χ2n) is 3.24. The van der Waals surface area contributed by atoms with Crippen LogP contribution in [0.3, 0.4) is 0 Å². The number of carboxylic acids is 1. The number of nitrogen functional groups attached to an aromatic ring is 1. The summed E-state index contributed by atoms with van der Waals surface area (Å²) < 4.78 is 2.47. The molecule has 0 aliphatic heterocycles. The molecule has 1 heterocycles. The topological polar surface area (TPSA) is 68.2 Å². The Labute approximate surface area is 94.4 Å². The summed E-state index contributed by atoms with van der Waals surface area (Å²) in [5, 5.41) is 9.62. The third kappa shape index (κ3) is 1.70. The molecule has 0 saturated carbocycles. The van der Waals surface area contributed by atoms with Crippen LogP contribution in [0.4, 0.5) is 5.69 Å². The van der Waals surface area contributed by atoms with Gasteiger partial charge in [0.05, 0.1) is 11.2 Å². The molecule has 0 bridgehead atoms. The highest BCUT2D eigenvalue weighted by Gasteiger charge is 2.10. The van der Waals surface area contributed by atoms with Crippen molar-refractivity contribution in [3.8, 4) is 0 Å². The zero-order chi connectivity index (χ0) is 11.0. The first-order valence-electron chi connectivity index (χ1n) is 4.34. The number of aromatic nitrogens is 1. The van der Waals surface area contributed by atoms with E-state index in [4.69, 9.17) is 10.8 Å². The standard InChI is InChI=1S/C10H9BrN2O2/c11-7-3-1-2-6-8(12)4-13(10(6)7)5-9(14)15/h1-4H,5,12H2,(H,14,15). The zero-order valence-corrected chi connectivity index (χ0v) is 9.36. The van der Waals surface area contributed by atoms with E-state index >= 15 is 0 Å². The summed E-state index contributed by atoms with van der Waals surface area (Å²) in [5.41, 5.74) is 7.19. The summed E-state index contributed by atoms with van der Waals surface area (Å²) in [6, 6.07) is 5.60. The van der Waals surface area contributed by atoms with Crippen LogP contribution in [0, 0.1) is 0 Å². The van der Waals surface area contributed by atoms with Crippen molar-refractivity contribution in [2.75, 3.05) is 5.73 Å². The number of para-hydroxylation sites is 1. The highest BCUT2D eigenvalue weighted by Crippen LogP contribution is 2.29. The van der Waals surface area contributed by atoms with Gasteiger partial charge in [0.1, 0.15) is 6.54 Å². The molecule has 0 aliphatic carbocycles. The molecular weight excluding hydrogens is 260 g/mol. The van der Waals surface area contributed by atoms with Gasteiger partial charge in [-0.05, 0) is 22.0 Å². The summed E-state index contributed by atoms with van der Waals surface area (Å²) in [4.78, 5) is 10.7. The SMILES string of the molecule is Nc1cn(CC(=O)O)c2c(Br)cccc12. The Hall–Kier alpha value is -1.49. The summed E-state index contributed by atoms with van der Waals surface area (Å²) >= 11 is 3.38. The van der Waals surface area contributed by atoms with E-state index in [9.17, 15) is 4.79 Å². The molecule has 5 heteroatoms. The van der Waals surface area contributed by atoms with Crippen molar-refractivity contribution in [1.82, 2.24) is 4.57 Å². The van der Waals surface area contributed by atoms with Crippen molar-refractivity contribution in [3.05, 3.63) is 28.9 Å². The largest absolute Gasteiger partial charge is 0.480 e. The summed E-state index contributed by atoms with van der Waals surface area (Å²) in [6.45, 7) is -0.0870. The average molecular weight is 269 g/mol. The van der Waals surface area contributed by atoms with Crippen LogP contribution in [0.2, 0.25) is 0 Å². The van der Waals surface area contributed by atoms with Gasteiger partial charge >= 0.3 is 5.97 Å². The normalized spacial score (nSPS) is 10.7. The molecule has 2 aromatic rings. The predicted molar refractivity (Wildman–Crippen MR) is 61.7 cm³/mol. The van der Waals surface area contributed by atoms with E-state index in [0.717, 1.165) is 15.4 Å². The number of carboxylic acid groups (broad SMARTS) is 1. The van der Waals surface area contributed by atoms with E-state index in [2.05, 4.69) is 15.9 Å². The zero-order valence-electron chi connectivity index (χ0n) is 7.77. The Bertz CT molecular complexity index is 533. The summed E-state index contributed by atoms with van der Waals surface area (Å²) in [6.07, 6.45) is 1.64. The molecule has 0 spiro atoms. The molecule has 0 atom stereocenters. The van der Waals surface area contributed by atoms with Gasteiger partial charge in [-0.1, -0.05) is 12.1 Å². The number of hydrogen-bond acceptors (Lipinski definition) is 2. The fourth-order valence-corrected chi connectivity index (χ4v) is 2.21. The quantitative estimate of drug-likeness (QED) is 0.876. The van der Waals surface area contributed by atoms with E-state index in [1.54, 1.807) is 10.8 Å². The first-order chi connectivity index (χ1) is 7.09. The van der Waals surface area contributed by atoms with Gasteiger partial charge in [0.2, 0.25) is 0 Å². The van der Waals surface area contributed by atoms with Crippen LogP contribution >= 0.6 is 15.9 Å². The van der Waals surface area contributed by atoms with E-state index in [0.29, 0.717) is 5.69 Å². The van der Waals surface area contributed by atoms with Crippen LogP contribution in [0.5, 0.6) is 0 Å². The molecule has 0 aliphatic rings. The highest BCUT2D eigenvalue weighted by molar-refractivity contribution is 9.10. The Balaban J connectivity index is 2.70. The van der Waals surface area contributed by atoms with E-state index < -0.39 is 5.97 Å². The molecule has 2 rings (SSSR count). The first kappa shape index (κ1) is 10.0. The number of halogens is 1. The molecule has 0 amide bonds. The number of aliphatic carboxylic acids is 1. The fraction of sp³-hybridized carbons (Fsp3) is 0.100. The lowest BCUT2D eigenvalue weighted by atomic mass is 10.2. The van der Waals surface area contributed by atoms with Gasteiger partial charge in [-0.25, -0.2) is 0 Å². The number of nitrogens with zero attached hydrogens (tertiary/aromatic N) is 1. The lowest BCUT2D eigenvalue weighted by Gasteiger charge is -2.02. The molecule has 0 unspecified atom stereocenters. The van der Waals surface area contributed by atoms with Crippen LogP contribution in [-0.2, 0) is 11.3 Å². The minimum Gasteiger partial charge on any atom is -0.480 e. The Morgan fingerprint density at radius 3 is 2.93 bits per heavy atom. The fourth-order valence-electron chi connectivity index (χ4n) is 1.61. The first-order valence-corrected chi connectivity index (χ1v) is 5.13. The summed E-state index contributed by atoms with van der Waals surface area (Å²) in [5.74, 6) is -0.886. The van der Waals surface area contributed by atoms with Crippen molar-refractivity contribution in [2.45, 2.75) is 6.54 Å². The predicted octanol–water partition coefficient (Wildman–Crippen LogP) is 2.07. The average Bonchev–Trinajstić information content (AvgIpc) is 2.44. The number of anilines is 1. The van der Waals surface area contributed by atoms with E-state index in [1.807, 2.05) is 18.2 Å². The third-order valence-electron chi connectivity index (χ3n) is 2.19. The van der Waals surface area contributed by atoms with Gasteiger partial charge < -0.3 is 15.4 Å². The number of benzene rings is 1. The minimum absolute atomic E-state index is 0.0870. The molecule has 1 aromatic carbocycles. The van der Waals surface area contributed by atoms with E-state index in [1.165, 1.54) is 0 Å². The lowest BCUT2D eigenvalue weighted by Crippen LogP contribution is -2.07. The van der Waals surface area contributed by atoms with Gasteiger partial charge in [0.15, 0.2) is 0 Å². The number of fused-ring (bicyclic) bond motifs is 1. The number of carbonyl (C=O) groups is 1. The van der Waals surface area contributed by atoms with Gasteiger partial charge in [0, 0.05) is 16.1 Å². The third-order valence-corrected chi connectivity index (χ3v) is 2.83. The smallest absolute Gasteiger partial charge is 0.323 e. The van der Waals surface area contributed by atoms with Crippen LogP contribution in [0.25, 0.3) is 10.9 Å². The van der Waals surface area contributed by atoms with Crippen LogP contribution in [0.15, 0.2) is 28.9 Å². The molecule has 15 heavy (non-hydrogen) atoms. The molecule has 0 saturated heterocycles. The van der Waals surface area contributed by atoms with E-state index in [-0.39, 0.29) is 6.54 Å². The van der Waals surface area contributed by atoms with Crippen molar-refractivity contribution in [3.63, 3.8) is 0 Å². The maximum absolute atomic E-state index is 10.7. The van der Waals surface area contributed by atoms with Gasteiger partial charge in [-0.3, -0.25) is 4.79 Å². The molecule has 0 radical (unpaired) electrons. The van der Waals surface area contributed by atoms with Crippen molar-refractivity contribution >= 4 is 38.5 Å². The number of rotatable bonds is 2.